The number of piperazine rings is 1. The summed E-state index contributed by atoms with van der Waals surface area (Å²) in [4.78, 5) is 44.7. The zero-order chi connectivity index (χ0) is 31.9. The molecule has 230 valence electrons. The lowest BCUT2D eigenvalue weighted by Gasteiger charge is -2.25. The molecule has 0 spiro atoms. The topological polar surface area (TPSA) is 141 Å². The number of nitrogens with zero attached hydrogens (tertiary/aromatic N) is 3. The van der Waals surface area contributed by atoms with Gasteiger partial charge in [0.1, 0.15) is 34.3 Å². The lowest BCUT2D eigenvalue weighted by Crippen LogP contribution is -2.46. The van der Waals surface area contributed by atoms with Crippen molar-refractivity contribution >= 4 is 23.3 Å². The number of carbonyl (C=O) groups excluding carboxylic acids is 2. The van der Waals surface area contributed by atoms with Gasteiger partial charge in [0.25, 0.3) is 17.4 Å². The number of pyridine rings is 2. The molecule has 0 bridgehead atoms. The van der Waals surface area contributed by atoms with E-state index in [0.29, 0.717) is 31.9 Å². The molecule has 1 aliphatic rings. The van der Waals surface area contributed by atoms with Gasteiger partial charge in [-0.25, -0.2) is 13.8 Å². The number of rotatable bonds is 7. The number of amides is 2. The number of carbonyl (C=O) groups is 2. The quantitative estimate of drug-likeness (QED) is 0.270. The molecule has 0 aliphatic carbocycles. The van der Waals surface area contributed by atoms with Crippen molar-refractivity contribution < 1.29 is 27.8 Å². The molecule has 2 amide bonds. The number of nitrogens with two attached hydrogens (primary N) is 1. The molecule has 1 saturated heterocycles. The van der Waals surface area contributed by atoms with Crippen LogP contribution in [0.1, 0.15) is 22.8 Å². The Morgan fingerprint density at radius 1 is 1.04 bits per heavy atom. The largest absolute Gasteiger partial charge is 0.493 e. The Bertz CT molecular complexity index is 1860. The molecule has 11 nitrogen and oxygen atoms in total. The summed E-state index contributed by atoms with van der Waals surface area (Å²) in [5.74, 6) is 2.56. The molecule has 2 aromatic heterocycles. The number of aromatic nitrogens is 2. The molecule has 13 heteroatoms. The van der Waals surface area contributed by atoms with Gasteiger partial charge in [-0.2, -0.15) is 0 Å². The monoisotopic (exact) mass is 614 g/mol. The Kier molecular flexibility index (Phi) is 9.35. The molecule has 4 N–H and O–H groups in total. The van der Waals surface area contributed by atoms with Gasteiger partial charge in [0.05, 0.1) is 6.61 Å². The summed E-state index contributed by atoms with van der Waals surface area (Å²) in [7, 11) is 0. The maximum atomic E-state index is 15.2. The molecule has 0 atom stereocenters. The fraction of sp³-hybridized carbons (Fsp3) is 0.188. The molecule has 3 heterocycles. The van der Waals surface area contributed by atoms with Crippen LogP contribution < -0.4 is 31.4 Å². The highest BCUT2D eigenvalue weighted by atomic mass is 19.1. The Hall–Kier alpha value is -5.74. The van der Waals surface area contributed by atoms with E-state index in [4.69, 9.17) is 15.2 Å². The normalized spacial score (nSPS) is 12.6. The van der Waals surface area contributed by atoms with Crippen molar-refractivity contribution in [1.29, 1.82) is 0 Å². The molecular weight excluding hydrogens is 586 g/mol. The molecule has 2 aromatic carbocycles. The molecular formula is C32H28F2N6O5. The van der Waals surface area contributed by atoms with Crippen LogP contribution in [0.3, 0.4) is 0 Å². The van der Waals surface area contributed by atoms with E-state index in [1.807, 2.05) is 0 Å². The van der Waals surface area contributed by atoms with E-state index in [1.54, 1.807) is 11.8 Å². The fourth-order valence-corrected chi connectivity index (χ4v) is 4.52. The Labute approximate surface area is 256 Å². The first-order valence-electron chi connectivity index (χ1n) is 13.9. The van der Waals surface area contributed by atoms with Crippen LogP contribution in [0.2, 0.25) is 0 Å². The molecule has 0 saturated carbocycles. The smallest absolute Gasteiger partial charge is 0.298 e. The van der Waals surface area contributed by atoms with Crippen LogP contribution in [-0.2, 0) is 4.79 Å². The second kappa shape index (κ2) is 13.7. The number of hydrogen-bond acceptors (Lipinski definition) is 8. The van der Waals surface area contributed by atoms with E-state index in [-0.39, 0.29) is 52.4 Å². The minimum atomic E-state index is -0.846. The van der Waals surface area contributed by atoms with E-state index < -0.39 is 23.1 Å². The summed E-state index contributed by atoms with van der Waals surface area (Å²) in [6, 6.07) is 11.7. The lowest BCUT2D eigenvalue weighted by molar-refractivity contribution is -0.125. The van der Waals surface area contributed by atoms with Gasteiger partial charge in [-0.3, -0.25) is 19.0 Å². The number of ether oxygens (including phenoxy) is 2. The summed E-state index contributed by atoms with van der Waals surface area (Å²) in [5.41, 5.74) is 5.42. The summed E-state index contributed by atoms with van der Waals surface area (Å²) < 4.78 is 41.1. The third-order valence-corrected chi connectivity index (χ3v) is 6.74. The Morgan fingerprint density at radius 3 is 2.51 bits per heavy atom. The van der Waals surface area contributed by atoms with Crippen LogP contribution in [0.4, 0.5) is 20.3 Å². The fourth-order valence-electron chi connectivity index (χ4n) is 4.52. The van der Waals surface area contributed by atoms with Crippen LogP contribution in [0, 0.1) is 23.5 Å². The van der Waals surface area contributed by atoms with E-state index in [9.17, 15) is 18.8 Å². The highest BCUT2D eigenvalue weighted by molar-refractivity contribution is 6.06. The zero-order valence-corrected chi connectivity index (χ0v) is 24.1. The first kappa shape index (κ1) is 30.7. The summed E-state index contributed by atoms with van der Waals surface area (Å²) in [6.07, 6.45) is 2.77. The van der Waals surface area contributed by atoms with Gasteiger partial charge in [0, 0.05) is 68.0 Å². The molecule has 1 aliphatic heterocycles. The average molecular weight is 615 g/mol. The standard InChI is InChI=1S/C32H28F2N6O5/c1-2-44-27-12-16-40(22-6-3-20(33)4-7-22)32(43)29(27)31(42)38-21-5-9-26(24(34)19-21)45-25-11-13-37-30(35)23(25)8-10-28(41)39-17-14-36-15-18-39/h3-7,9,11-13,16,19,36H,2,14-15,17-18H2,1H3,(H2,35,37)(H,38,42). The van der Waals surface area contributed by atoms with E-state index in [1.165, 1.54) is 65.5 Å². The highest BCUT2D eigenvalue weighted by Crippen LogP contribution is 2.31. The summed E-state index contributed by atoms with van der Waals surface area (Å²) >= 11 is 0. The summed E-state index contributed by atoms with van der Waals surface area (Å²) in [6.45, 7) is 4.25. The number of benzene rings is 2. The maximum Gasteiger partial charge on any atom is 0.298 e. The zero-order valence-electron chi connectivity index (χ0n) is 24.1. The minimum Gasteiger partial charge on any atom is -0.493 e. The van der Waals surface area contributed by atoms with E-state index in [2.05, 4.69) is 27.5 Å². The molecule has 1 fully saturated rings. The van der Waals surface area contributed by atoms with Crippen molar-refractivity contribution in [1.82, 2.24) is 19.8 Å². The SMILES string of the molecule is CCOc1ccn(-c2ccc(F)cc2)c(=O)c1C(=O)Nc1ccc(Oc2ccnc(N)c2C#CC(=O)N2CCNCC2)c(F)c1. The number of halogens is 2. The molecule has 45 heavy (non-hydrogen) atoms. The van der Waals surface area contributed by atoms with Crippen LogP contribution in [0.5, 0.6) is 17.2 Å². The first-order chi connectivity index (χ1) is 21.7. The molecule has 0 radical (unpaired) electrons. The molecule has 4 aromatic rings. The van der Waals surface area contributed by atoms with Crippen LogP contribution in [0.15, 0.2) is 71.8 Å². The predicted molar refractivity (Wildman–Crippen MR) is 163 cm³/mol. The lowest BCUT2D eigenvalue weighted by atomic mass is 10.2. The van der Waals surface area contributed by atoms with Crippen molar-refractivity contribution in [3.63, 3.8) is 0 Å². The van der Waals surface area contributed by atoms with Gasteiger partial charge >= 0.3 is 0 Å². The van der Waals surface area contributed by atoms with Gasteiger partial charge < -0.3 is 30.7 Å². The number of nitrogen functional groups attached to an aromatic ring is 1. The van der Waals surface area contributed by atoms with Crippen LogP contribution in [-0.4, -0.2) is 59.1 Å². The predicted octanol–water partition coefficient (Wildman–Crippen LogP) is 3.32. The minimum absolute atomic E-state index is 0.00309. The van der Waals surface area contributed by atoms with Gasteiger partial charge in [-0.1, -0.05) is 0 Å². The number of nitrogens with one attached hydrogen (secondary N) is 2. The van der Waals surface area contributed by atoms with Crippen LogP contribution in [0.25, 0.3) is 5.69 Å². The number of hydrogen-bond donors (Lipinski definition) is 3. The highest BCUT2D eigenvalue weighted by Gasteiger charge is 2.21. The molecule has 5 rings (SSSR count). The Balaban J connectivity index is 1.37. The van der Waals surface area contributed by atoms with Gasteiger partial charge in [-0.05, 0) is 55.3 Å². The van der Waals surface area contributed by atoms with Gasteiger partial charge in [0.2, 0.25) is 0 Å². The second-order valence-electron chi connectivity index (χ2n) is 9.70. The van der Waals surface area contributed by atoms with Crippen molar-refractivity contribution in [2.24, 2.45) is 0 Å². The van der Waals surface area contributed by atoms with Crippen LogP contribution >= 0.6 is 0 Å². The Morgan fingerprint density at radius 2 is 1.80 bits per heavy atom. The van der Waals surface area contributed by atoms with E-state index >= 15 is 4.39 Å². The maximum absolute atomic E-state index is 15.2. The van der Waals surface area contributed by atoms with Crippen molar-refractivity contribution in [2.75, 3.05) is 43.8 Å². The third-order valence-electron chi connectivity index (χ3n) is 6.74. The number of anilines is 2. The van der Waals surface area contributed by atoms with Gasteiger partial charge in [-0.15, -0.1) is 0 Å². The average Bonchev–Trinajstić information content (AvgIpc) is 3.03. The van der Waals surface area contributed by atoms with Crippen molar-refractivity contribution in [2.45, 2.75) is 6.92 Å². The van der Waals surface area contributed by atoms with E-state index in [0.717, 1.165) is 6.07 Å². The van der Waals surface area contributed by atoms with Crippen molar-refractivity contribution in [3.05, 3.63) is 100 Å². The molecule has 0 unspecified atom stereocenters. The van der Waals surface area contributed by atoms with Gasteiger partial charge in [0.15, 0.2) is 11.6 Å². The third kappa shape index (κ3) is 7.09. The second-order valence-corrected chi connectivity index (χ2v) is 9.70. The summed E-state index contributed by atoms with van der Waals surface area (Å²) in [5, 5.41) is 5.67. The first-order valence-corrected chi connectivity index (χ1v) is 13.9. The van der Waals surface area contributed by atoms with Crippen molar-refractivity contribution in [3.8, 4) is 34.8 Å².